The number of nitrogens with zero attached hydrogens (tertiary/aromatic N) is 2. The van der Waals surface area contributed by atoms with Gasteiger partial charge in [0.1, 0.15) is 0 Å². The van der Waals surface area contributed by atoms with Gasteiger partial charge in [-0.05, 0) is 34.1 Å². The molecule has 1 aromatic carbocycles. The van der Waals surface area contributed by atoms with Crippen LogP contribution in [0.15, 0.2) is 51.1 Å². The molecule has 0 unspecified atom stereocenters. The van der Waals surface area contributed by atoms with Gasteiger partial charge in [0.05, 0.1) is 9.77 Å². The fourth-order valence-electron chi connectivity index (χ4n) is 2.45. The molecule has 0 bridgehead atoms. The number of amides is 1. The summed E-state index contributed by atoms with van der Waals surface area (Å²) in [6.07, 6.45) is 0. The molecule has 5 nitrogen and oxygen atoms in total. The third kappa shape index (κ3) is 3.50. The van der Waals surface area contributed by atoms with Crippen LogP contribution >= 0.6 is 27.3 Å². The summed E-state index contributed by atoms with van der Waals surface area (Å²) in [5.74, 6) is -0.0440. The number of hydrogen-bond donors (Lipinski definition) is 0. The van der Waals surface area contributed by atoms with Gasteiger partial charge < -0.3 is 4.90 Å². The molecule has 0 atom stereocenters. The number of benzene rings is 1. The van der Waals surface area contributed by atoms with Crippen molar-refractivity contribution in [1.29, 1.82) is 0 Å². The molecule has 0 aliphatic carbocycles. The number of carbonyl (C=O) groups is 1. The minimum absolute atomic E-state index is 0.0440. The highest BCUT2D eigenvalue weighted by molar-refractivity contribution is 9.10. The lowest BCUT2D eigenvalue weighted by Gasteiger charge is -2.33. The van der Waals surface area contributed by atoms with E-state index >= 15 is 0 Å². The number of thiophene rings is 1. The molecular formula is C15H15BrN2O3S2. The van der Waals surface area contributed by atoms with E-state index in [-0.39, 0.29) is 5.91 Å². The van der Waals surface area contributed by atoms with Crippen LogP contribution in [-0.4, -0.2) is 49.7 Å². The van der Waals surface area contributed by atoms with Crippen molar-refractivity contribution in [3.8, 4) is 0 Å². The zero-order valence-electron chi connectivity index (χ0n) is 12.2. The van der Waals surface area contributed by atoms with Crippen LogP contribution in [0, 0.1) is 0 Å². The summed E-state index contributed by atoms with van der Waals surface area (Å²) in [6.45, 7) is 1.44. The maximum atomic E-state index is 12.6. The van der Waals surface area contributed by atoms with Gasteiger partial charge in [-0.3, -0.25) is 4.79 Å². The second-order valence-corrected chi connectivity index (χ2v) is 8.90. The molecule has 1 amide bonds. The number of rotatable bonds is 3. The molecule has 0 N–H and O–H groups in total. The summed E-state index contributed by atoms with van der Waals surface area (Å²) in [7, 11) is -3.48. The van der Waals surface area contributed by atoms with Crippen LogP contribution in [0.4, 0.5) is 0 Å². The molecule has 2 aromatic rings. The number of sulfonamides is 1. The predicted molar refractivity (Wildman–Crippen MR) is 93.1 cm³/mol. The molecule has 2 heterocycles. The Morgan fingerprint density at radius 2 is 1.74 bits per heavy atom. The van der Waals surface area contributed by atoms with Gasteiger partial charge in [-0.25, -0.2) is 8.42 Å². The van der Waals surface area contributed by atoms with Gasteiger partial charge in [0.2, 0.25) is 10.0 Å². The lowest BCUT2D eigenvalue weighted by Crippen LogP contribution is -2.50. The van der Waals surface area contributed by atoms with Crippen LogP contribution in [0.2, 0.25) is 0 Å². The Balaban J connectivity index is 1.68. The van der Waals surface area contributed by atoms with Gasteiger partial charge in [0.15, 0.2) is 0 Å². The monoisotopic (exact) mass is 414 g/mol. The lowest BCUT2D eigenvalue weighted by molar-refractivity contribution is 0.0703. The molecule has 0 saturated carbocycles. The Bertz CT molecular complexity index is 797. The van der Waals surface area contributed by atoms with E-state index in [4.69, 9.17) is 0 Å². The summed E-state index contributed by atoms with van der Waals surface area (Å²) < 4.78 is 27.4. The van der Waals surface area contributed by atoms with Gasteiger partial charge in [0, 0.05) is 36.0 Å². The van der Waals surface area contributed by atoms with E-state index in [2.05, 4.69) is 15.9 Å². The SMILES string of the molecule is O=C(c1cc(Br)cs1)N1CCN(S(=O)(=O)c2ccccc2)CC1. The summed E-state index contributed by atoms with van der Waals surface area (Å²) in [6, 6.07) is 10.2. The van der Waals surface area contributed by atoms with Gasteiger partial charge in [-0.1, -0.05) is 18.2 Å². The van der Waals surface area contributed by atoms with Gasteiger partial charge in [-0.15, -0.1) is 11.3 Å². The third-order valence-corrected chi connectivity index (χ3v) is 7.28. The van der Waals surface area contributed by atoms with Crippen molar-refractivity contribution in [2.75, 3.05) is 26.2 Å². The third-order valence-electron chi connectivity index (χ3n) is 3.69. The normalized spacial score (nSPS) is 16.5. The second-order valence-electron chi connectivity index (χ2n) is 5.14. The summed E-state index contributed by atoms with van der Waals surface area (Å²) in [5.41, 5.74) is 0. The number of piperazine rings is 1. The van der Waals surface area contributed by atoms with Crippen LogP contribution in [0.25, 0.3) is 0 Å². The Morgan fingerprint density at radius 1 is 1.09 bits per heavy atom. The van der Waals surface area contributed by atoms with Gasteiger partial charge in [0.25, 0.3) is 5.91 Å². The van der Waals surface area contributed by atoms with Crippen LogP contribution in [0.3, 0.4) is 0 Å². The molecule has 23 heavy (non-hydrogen) atoms. The van der Waals surface area contributed by atoms with Crippen molar-refractivity contribution in [3.05, 3.63) is 51.1 Å². The summed E-state index contributed by atoms with van der Waals surface area (Å²) in [4.78, 5) is 15.0. The van der Waals surface area contributed by atoms with Crippen molar-refractivity contribution in [2.24, 2.45) is 0 Å². The first-order valence-electron chi connectivity index (χ1n) is 7.07. The maximum Gasteiger partial charge on any atom is 0.264 e. The van der Waals surface area contributed by atoms with Crippen LogP contribution in [0.1, 0.15) is 9.67 Å². The molecule has 8 heteroatoms. The smallest absolute Gasteiger partial charge is 0.264 e. The molecule has 3 rings (SSSR count). The summed E-state index contributed by atoms with van der Waals surface area (Å²) in [5, 5.41) is 1.86. The largest absolute Gasteiger partial charge is 0.335 e. The quantitative estimate of drug-likeness (QED) is 0.775. The van der Waals surface area contributed by atoms with Crippen LogP contribution < -0.4 is 0 Å². The van der Waals surface area contributed by atoms with E-state index in [1.54, 1.807) is 41.3 Å². The minimum Gasteiger partial charge on any atom is -0.335 e. The average Bonchev–Trinajstić information content (AvgIpc) is 3.01. The van der Waals surface area contributed by atoms with Crippen molar-refractivity contribution in [2.45, 2.75) is 4.90 Å². The first kappa shape index (κ1) is 16.6. The zero-order valence-corrected chi connectivity index (χ0v) is 15.4. The van der Waals surface area contributed by atoms with Crippen molar-refractivity contribution < 1.29 is 13.2 Å². The van der Waals surface area contributed by atoms with E-state index < -0.39 is 10.0 Å². The van der Waals surface area contributed by atoms with Crippen LogP contribution in [-0.2, 0) is 10.0 Å². The molecule has 1 fully saturated rings. The molecule has 1 aromatic heterocycles. The molecule has 1 aliphatic heterocycles. The second kappa shape index (κ2) is 6.72. The predicted octanol–water partition coefficient (Wildman–Crippen LogP) is 2.66. The maximum absolute atomic E-state index is 12.6. The number of carbonyl (C=O) groups excluding carboxylic acids is 1. The summed E-state index contributed by atoms with van der Waals surface area (Å²) >= 11 is 4.72. The minimum atomic E-state index is -3.48. The van der Waals surface area contributed by atoms with Crippen molar-refractivity contribution in [1.82, 2.24) is 9.21 Å². The van der Waals surface area contributed by atoms with Crippen molar-refractivity contribution in [3.63, 3.8) is 0 Å². The van der Waals surface area contributed by atoms with Gasteiger partial charge >= 0.3 is 0 Å². The standard InChI is InChI=1S/C15H15BrN2O3S2/c16-12-10-14(22-11-12)15(19)17-6-8-18(9-7-17)23(20,21)13-4-2-1-3-5-13/h1-5,10-11H,6-9H2. The fraction of sp³-hybridized carbons (Fsp3) is 0.267. The van der Waals surface area contributed by atoms with Crippen LogP contribution in [0.5, 0.6) is 0 Å². The molecule has 122 valence electrons. The van der Waals surface area contributed by atoms with Gasteiger partial charge in [-0.2, -0.15) is 4.31 Å². The Morgan fingerprint density at radius 3 is 2.30 bits per heavy atom. The molecule has 1 aliphatic rings. The fourth-order valence-corrected chi connectivity index (χ4v) is 5.29. The highest BCUT2D eigenvalue weighted by atomic mass is 79.9. The number of hydrogen-bond acceptors (Lipinski definition) is 4. The average molecular weight is 415 g/mol. The molecule has 0 radical (unpaired) electrons. The van der Waals surface area contributed by atoms with E-state index in [0.29, 0.717) is 36.0 Å². The topological polar surface area (TPSA) is 57.7 Å². The molecule has 0 spiro atoms. The van der Waals surface area contributed by atoms with E-state index in [1.807, 2.05) is 5.38 Å². The highest BCUT2D eigenvalue weighted by Crippen LogP contribution is 2.23. The van der Waals surface area contributed by atoms with E-state index in [9.17, 15) is 13.2 Å². The molecular weight excluding hydrogens is 400 g/mol. The Labute approximate surface area is 147 Å². The lowest BCUT2D eigenvalue weighted by atomic mass is 10.3. The Hall–Kier alpha value is -1.22. The van der Waals surface area contributed by atoms with Crippen molar-refractivity contribution >= 4 is 43.2 Å². The number of halogens is 1. The van der Waals surface area contributed by atoms with E-state index in [0.717, 1.165) is 4.47 Å². The Kier molecular flexibility index (Phi) is 4.86. The zero-order chi connectivity index (χ0) is 16.4. The van der Waals surface area contributed by atoms with E-state index in [1.165, 1.54) is 15.6 Å². The highest BCUT2D eigenvalue weighted by Gasteiger charge is 2.30. The molecule has 1 saturated heterocycles. The first-order chi connectivity index (χ1) is 11.0. The first-order valence-corrected chi connectivity index (χ1v) is 10.2.